The molecule has 2 aromatic heterocycles. The first-order chi connectivity index (χ1) is 10.6. The maximum absolute atomic E-state index is 11.1. The first-order valence-corrected chi connectivity index (χ1v) is 6.91. The Morgan fingerprint density at radius 1 is 1.36 bits per heavy atom. The summed E-state index contributed by atoms with van der Waals surface area (Å²) in [4.78, 5) is 15.1. The summed E-state index contributed by atoms with van der Waals surface area (Å²) < 4.78 is 1.83. The van der Waals surface area contributed by atoms with Gasteiger partial charge in [-0.1, -0.05) is 12.1 Å². The number of nitrogens with one attached hydrogen (secondary N) is 1. The quantitative estimate of drug-likeness (QED) is 0.578. The van der Waals surface area contributed by atoms with Crippen molar-refractivity contribution >= 4 is 22.3 Å². The van der Waals surface area contributed by atoms with Gasteiger partial charge in [0.15, 0.2) is 5.52 Å². The summed E-state index contributed by atoms with van der Waals surface area (Å²) in [6, 6.07) is 8.76. The molecule has 1 aromatic carbocycles. The molecule has 0 unspecified atom stereocenters. The van der Waals surface area contributed by atoms with Crippen LogP contribution >= 0.6 is 0 Å². The van der Waals surface area contributed by atoms with Crippen LogP contribution in [0.4, 0.5) is 11.4 Å². The molecule has 3 aromatic rings. The second-order valence-electron chi connectivity index (χ2n) is 4.94. The normalized spacial score (nSPS) is 10.8. The number of nitro benzene ring substituents is 1. The van der Waals surface area contributed by atoms with Crippen LogP contribution in [0.3, 0.4) is 0 Å². The summed E-state index contributed by atoms with van der Waals surface area (Å²) in [6.07, 6.45) is 3.62. The van der Waals surface area contributed by atoms with Crippen LogP contribution in [0.15, 0.2) is 42.7 Å². The average Bonchev–Trinajstić information content (AvgIpc) is 2.99. The largest absolute Gasteiger partial charge is 0.383 e. The smallest absolute Gasteiger partial charge is 0.295 e. The molecule has 0 radical (unpaired) electrons. The molecule has 0 amide bonds. The Morgan fingerprint density at radius 2 is 2.23 bits per heavy atom. The number of hydrogen-bond donors (Lipinski definition) is 1. The van der Waals surface area contributed by atoms with Gasteiger partial charge in [-0.05, 0) is 19.1 Å². The number of hydrogen-bond acceptors (Lipinski definition) is 5. The third kappa shape index (κ3) is 2.73. The first-order valence-electron chi connectivity index (χ1n) is 6.91. The number of rotatable bonds is 5. The van der Waals surface area contributed by atoms with Crippen LogP contribution in [0.2, 0.25) is 0 Å². The number of nitrogens with zero attached hydrogens (tertiary/aromatic N) is 4. The van der Waals surface area contributed by atoms with E-state index in [4.69, 9.17) is 0 Å². The number of non-ortho nitro benzene ring substituents is 1. The highest BCUT2D eigenvalue weighted by Crippen LogP contribution is 2.29. The number of aromatic nitrogens is 3. The van der Waals surface area contributed by atoms with Crippen molar-refractivity contribution in [3.8, 4) is 0 Å². The molecule has 0 aliphatic rings. The molecular formula is C15H15N5O2. The van der Waals surface area contributed by atoms with Crippen molar-refractivity contribution in [1.29, 1.82) is 0 Å². The fourth-order valence-electron chi connectivity index (χ4n) is 2.39. The van der Waals surface area contributed by atoms with Crippen LogP contribution in [0, 0.1) is 17.0 Å². The van der Waals surface area contributed by atoms with E-state index in [-0.39, 0.29) is 5.69 Å². The van der Waals surface area contributed by atoms with Crippen molar-refractivity contribution < 1.29 is 4.92 Å². The molecule has 7 nitrogen and oxygen atoms in total. The molecule has 1 N–H and O–H groups in total. The van der Waals surface area contributed by atoms with E-state index in [0.29, 0.717) is 18.6 Å². The first kappa shape index (κ1) is 14.0. The molecule has 7 heteroatoms. The standard InChI is InChI=1S/C15H15N5O2/c1-11-10-13(16-7-9-19-8-3-6-17-19)12-4-2-5-14(20(21)22)15(12)18-11/h2-6,8,10H,7,9H2,1H3,(H,16,18). The zero-order chi connectivity index (χ0) is 15.5. The topological polar surface area (TPSA) is 85.9 Å². The Bertz CT molecular complexity index is 814. The lowest BCUT2D eigenvalue weighted by Gasteiger charge is -2.11. The highest BCUT2D eigenvalue weighted by molar-refractivity contribution is 5.96. The fraction of sp³-hybridized carbons (Fsp3) is 0.200. The maximum Gasteiger partial charge on any atom is 0.295 e. The van der Waals surface area contributed by atoms with Crippen LogP contribution in [0.5, 0.6) is 0 Å². The van der Waals surface area contributed by atoms with Crippen molar-refractivity contribution in [3.63, 3.8) is 0 Å². The Balaban J connectivity index is 1.91. The minimum atomic E-state index is -0.401. The van der Waals surface area contributed by atoms with E-state index < -0.39 is 4.92 Å². The van der Waals surface area contributed by atoms with Gasteiger partial charge in [0.1, 0.15) is 0 Å². The van der Waals surface area contributed by atoms with E-state index in [0.717, 1.165) is 16.8 Å². The zero-order valence-corrected chi connectivity index (χ0v) is 12.1. The van der Waals surface area contributed by atoms with Crippen molar-refractivity contribution in [2.24, 2.45) is 0 Å². The predicted molar refractivity (Wildman–Crippen MR) is 83.9 cm³/mol. The number of nitro groups is 1. The van der Waals surface area contributed by atoms with E-state index >= 15 is 0 Å². The van der Waals surface area contributed by atoms with E-state index in [1.165, 1.54) is 6.07 Å². The number of para-hydroxylation sites is 1. The number of aryl methyl sites for hydroxylation is 1. The number of fused-ring (bicyclic) bond motifs is 1. The van der Waals surface area contributed by atoms with Gasteiger partial charge in [0.25, 0.3) is 5.69 Å². The van der Waals surface area contributed by atoms with Crippen molar-refractivity contribution in [2.45, 2.75) is 13.5 Å². The van der Waals surface area contributed by atoms with Gasteiger partial charge in [-0.25, -0.2) is 4.98 Å². The summed E-state index contributed by atoms with van der Waals surface area (Å²) in [7, 11) is 0. The fourth-order valence-corrected chi connectivity index (χ4v) is 2.39. The van der Waals surface area contributed by atoms with Gasteiger partial charge in [-0.15, -0.1) is 0 Å². The molecule has 2 heterocycles. The highest BCUT2D eigenvalue weighted by atomic mass is 16.6. The molecule has 0 atom stereocenters. The third-order valence-corrected chi connectivity index (χ3v) is 3.36. The van der Waals surface area contributed by atoms with Crippen molar-refractivity contribution in [3.05, 3.63) is 58.5 Å². The monoisotopic (exact) mass is 297 g/mol. The highest BCUT2D eigenvalue weighted by Gasteiger charge is 2.15. The van der Waals surface area contributed by atoms with Gasteiger partial charge >= 0.3 is 0 Å². The van der Waals surface area contributed by atoms with Gasteiger partial charge < -0.3 is 5.32 Å². The summed E-state index contributed by atoms with van der Waals surface area (Å²) >= 11 is 0. The number of benzene rings is 1. The second kappa shape index (κ2) is 5.80. The Labute approximate surface area is 126 Å². The molecule has 3 rings (SSSR count). The van der Waals surface area contributed by atoms with Gasteiger partial charge in [-0.2, -0.15) is 5.10 Å². The van der Waals surface area contributed by atoms with Crippen molar-refractivity contribution in [2.75, 3.05) is 11.9 Å². The van der Waals surface area contributed by atoms with Gasteiger partial charge in [0.05, 0.1) is 11.5 Å². The van der Waals surface area contributed by atoms with E-state index in [9.17, 15) is 10.1 Å². The summed E-state index contributed by atoms with van der Waals surface area (Å²) in [5.41, 5.74) is 2.02. The molecule has 22 heavy (non-hydrogen) atoms. The second-order valence-corrected chi connectivity index (χ2v) is 4.94. The predicted octanol–water partition coefficient (Wildman–Crippen LogP) is 2.76. The molecule has 0 bridgehead atoms. The Hall–Kier alpha value is -2.96. The Morgan fingerprint density at radius 3 is 2.95 bits per heavy atom. The number of anilines is 1. The van der Waals surface area contributed by atoms with E-state index in [2.05, 4.69) is 15.4 Å². The molecule has 0 aliphatic carbocycles. The minimum absolute atomic E-state index is 0.0244. The molecule has 0 aliphatic heterocycles. The number of pyridine rings is 1. The third-order valence-electron chi connectivity index (χ3n) is 3.36. The summed E-state index contributed by atoms with van der Waals surface area (Å²) in [6.45, 7) is 3.21. The van der Waals surface area contributed by atoms with Gasteiger partial charge in [0.2, 0.25) is 0 Å². The molecule has 0 spiro atoms. The molecule has 112 valence electrons. The maximum atomic E-state index is 11.1. The molecule has 0 saturated carbocycles. The molecular weight excluding hydrogens is 282 g/mol. The molecule has 0 saturated heterocycles. The van der Waals surface area contributed by atoms with Gasteiger partial charge in [0, 0.05) is 41.8 Å². The zero-order valence-electron chi connectivity index (χ0n) is 12.1. The lowest BCUT2D eigenvalue weighted by molar-refractivity contribution is -0.383. The van der Waals surface area contributed by atoms with Crippen LogP contribution in [0.1, 0.15) is 5.69 Å². The lowest BCUT2D eigenvalue weighted by atomic mass is 10.1. The SMILES string of the molecule is Cc1cc(NCCn2cccn2)c2cccc([N+](=O)[O-])c2n1. The average molecular weight is 297 g/mol. The lowest BCUT2D eigenvalue weighted by Crippen LogP contribution is -2.11. The van der Waals surface area contributed by atoms with Crippen LogP contribution in [-0.2, 0) is 6.54 Å². The van der Waals surface area contributed by atoms with Crippen molar-refractivity contribution in [1.82, 2.24) is 14.8 Å². The summed E-state index contributed by atoms with van der Waals surface area (Å²) in [5.74, 6) is 0. The van der Waals surface area contributed by atoms with Crippen LogP contribution in [-0.4, -0.2) is 26.2 Å². The summed E-state index contributed by atoms with van der Waals surface area (Å²) in [5, 5.41) is 19.3. The van der Waals surface area contributed by atoms with Gasteiger partial charge in [-0.3, -0.25) is 14.8 Å². The molecule has 0 fully saturated rings. The van der Waals surface area contributed by atoms with E-state index in [1.54, 1.807) is 12.3 Å². The Kier molecular flexibility index (Phi) is 3.69. The van der Waals surface area contributed by atoms with Crippen LogP contribution < -0.4 is 5.32 Å². The van der Waals surface area contributed by atoms with E-state index in [1.807, 2.05) is 36.0 Å². The minimum Gasteiger partial charge on any atom is -0.383 e. The van der Waals surface area contributed by atoms with Crippen LogP contribution in [0.25, 0.3) is 10.9 Å².